The largest absolute Gasteiger partial charge is 0.457 e. The molecule has 0 saturated carbocycles. The van der Waals surface area contributed by atoms with E-state index in [9.17, 15) is 4.79 Å². The predicted octanol–water partition coefficient (Wildman–Crippen LogP) is 4.00. The third-order valence-electron chi connectivity index (χ3n) is 3.27. The number of fused-ring (bicyclic) bond motifs is 1. The smallest absolute Gasteiger partial charge is 0.246 e. The van der Waals surface area contributed by atoms with E-state index < -0.39 is 0 Å². The first-order valence-electron chi connectivity index (χ1n) is 6.33. The van der Waals surface area contributed by atoms with Crippen LogP contribution >= 0.6 is 23.2 Å². The van der Waals surface area contributed by atoms with Gasteiger partial charge in [-0.1, -0.05) is 29.3 Å². The standard InChI is InChI=1S/C15H12Cl2N2O2/c1-18-14-10-4-2-9(7-13(10)19-15(14)20)21-8-3-5-11(16)12(17)6-8/h2-7,14,18H,1H3,(H,19,20). The molecule has 1 unspecified atom stereocenters. The average Bonchev–Trinajstić information content (AvgIpc) is 2.77. The summed E-state index contributed by atoms with van der Waals surface area (Å²) in [5.41, 5.74) is 1.65. The van der Waals surface area contributed by atoms with Crippen LogP contribution < -0.4 is 15.4 Å². The maximum atomic E-state index is 11.8. The number of nitrogens with one attached hydrogen (secondary N) is 2. The second-order valence-corrected chi connectivity index (χ2v) is 5.45. The number of carbonyl (C=O) groups excluding carboxylic acids is 1. The Bertz CT molecular complexity index is 719. The van der Waals surface area contributed by atoms with E-state index in [0.717, 1.165) is 11.3 Å². The molecule has 2 N–H and O–H groups in total. The maximum Gasteiger partial charge on any atom is 0.246 e. The van der Waals surface area contributed by atoms with Gasteiger partial charge in [-0.15, -0.1) is 0 Å². The number of anilines is 1. The molecule has 3 rings (SSSR count). The van der Waals surface area contributed by atoms with Crippen LogP contribution in [0.3, 0.4) is 0 Å². The van der Waals surface area contributed by atoms with Crippen LogP contribution in [-0.4, -0.2) is 13.0 Å². The van der Waals surface area contributed by atoms with E-state index >= 15 is 0 Å². The van der Waals surface area contributed by atoms with Crippen LogP contribution in [0.25, 0.3) is 0 Å². The summed E-state index contributed by atoms with van der Waals surface area (Å²) in [5, 5.41) is 6.69. The number of carbonyl (C=O) groups is 1. The lowest BCUT2D eigenvalue weighted by Gasteiger charge is -2.09. The summed E-state index contributed by atoms with van der Waals surface area (Å²) in [6.45, 7) is 0. The molecule has 0 saturated heterocycles. The summed E-state index contributed by atoms with van der Waals surface area (Å²) in [6, 6.07) is 10.2. The zero-order chi connectivity index (χ0) is 15.0. The summed E-state index contributed by atoms with van der Waals surface area (Å²) < 4.78 is 5.73. The van der Waals surface area contributed by atoms with E-state index in [2.05, 4.69) is 10.6 Å². The van der Waals surface area contributed by atoms with Crippen molar-refractivity contribution in [1.82, 2.24) is 5.32 Å². The molecule has 1 aliphatic rings. The molecule has 0 aromatic heterocycles. The Morgan fingerprint density at radius 1 is 1.10 bits per heavy atom. The molecule has 1 atom stereocenters. The molecule has 21 heavy (non-hydrogen) atoms. The quantitative estimate of drug-likeness (QED) is 0.898. The molecule has 4 nitrogen and oxygen atoms in total. The lowest BCUT2D eigenvalue weighted by molar-refractivity contribution is -0.117. The van der Waals surface area contributed by atoms with Crippen molar-refractivity contribution in [2.75, 3.05) is 12.4 Å². The van der Waals surface area contributed by atoms with Gasteiger partial charge in [-0.2, -0.15) is 0 Å². The van der Waals surface area contributed by atoms with Crippen LogP contribution in [0, 0.1) is 0 Å². The van der Waals surface area contributed by atoms with Gasteiger partial charge in [-0.05, 0) is 25.2 Å². The average molecular weight is 323 g/mol. The number of hydrogen-bond acceptors (Lipinski definition) is 3. The Labute approximate surface area is 132 Å². The van der Waals surface area contributed by atoms with Crippen molar-refractivity contribution in [3.63, 3.8) is 0 Å². The summed E-state index contributed by atoms with van der Waals surface area (Å²) >= 11 is 11.8. The van der Waals surface area contributed by atoms with Crippen molar-refractivity contribution in [2.24, 2.45) is 0 Å². The monoisotopic (exact) mass is 322 g/mol. The molecule has 2 aromatic carbocycles. The fraction of sp³-hybridized carbons (Fsp3) is 0.133. The van der Waals surface area contributed by atoms with Crippen molar-refractivity contribution < 1.29 is 9.53 Å². The molecule has 6 heteroatoms. The molecular weight excluding hydrogens is 311 g/mol. The lowest BCUT2D eigenvalue weighted by Crippen LogP contribution is -2.23. The highest BCUT2D eigenvalue weighted by molar-refractivity contribution is 6.42. The van der Waals surface area contributed by atoms with Crippen LogP contribution in [-0.2, 0) is 4.79 Å². The highest BCUT2D eigenvalue weighted by Crippen LogP contribution is 2.36. The fourth-order valence-electron chi connectivity index (χ4n) is 2.27. The molecule has 1 aliphatic heterocycles. The minimum absolute atomic E-state index is 0.0702. The van der Waals surface area contributed by atoms with E-state index in [1.54, 1.807) is 31.3 Å². The maximum absolute atomic E-state index is 11.8. The van der Waals surface area contributed by atoms with E-state index in [1.165, 1.54) is 0 Å². The van der Waals surface area contributed by atoms with Crippen molar-refractivity contribution in [1.29, 1.82) is 0 Å². The number of hydrogen-bond donors (Lipinski definition) is 2. The molecule has 0 spiro atoms. The molecule has 2 aromatic rings. The number of amides is 1. The Balaban J connectivity index is 1.87. The van der Waals surface area contributed by atoms with Gasteiger partial charge in [-0.25, -0.2) is 0 Å². The van der Waals surface area contributed by atoms with E-state index in [-0.39, 0.29) is 11.9 Å². The minimum Gasteiger partial charge on any atom is -0.457 e. The minimum atomic E-state index is -0.320. The van der Waals surface area contributed by atoms with Crippen LogP contribution in [0.2, 0.25) is 10.0 Å². The number of likely N-dealkylation sites (N-methyl/N-ethyl adjacent to an activating group) is 1. The van der Waals surface area contributed by atoms with Crippen molar-refractivity contribution >= 4 is 34.8 Å². The van der Waals surface area contributed by atoms with Gasteiger partial charge < -0.3 is 15.4 Å². The first kappa shape index (κ1) is 14.2. The Hall–Kier alpha value is -1.75. The van der Waals surface area contributed by atoms with Gasteiger partial charge in [0.05, 0.1) is 10.0 Å². The van der Waals surface area contributed by atoms with E-state index in [0.29, 0.717) is 21.5 Å². The fourth-order valence-corrected chi connectivity index (χ4v) is 2.56. The SMILES string of the molecule is CNC1C(=O)Nc2cc(Oc3ccc(Cl)c(Cl)c3)ccc21. The van der Waals surface area contributed by atoms with Gasteiger partial charge in [0.1, 0.15) is 17.5 Å². The third kappa shape index (κ3) is 2.70. The second-order valence-electron chi connectivity index (χ2n) is 4.64. The molecule has 0 radical (unpaired) electrons. The molecular formula is C15H12Cl2N2O2. The zero-order valence-electron chi connectivity index (χ0n) is 11.1. The van der Waals surface area contributed by atoms with Crippen LogP contribution in [0.4, 0.5) is 5.69 Å². The summed E-state index contributed by atoms with van der Waals surface area (Å²) in [7, 11) is 1.75. The van der Waals surface area contributed by atoms with E-state index in [1.807, 2.05) is 12.1 Å². The highest BCUT2D eigenvalue weighted by atomic mass is 35.5. The summed E-state index contributed by atoms with van der Waals surface area (Å²) in [6.07, 6.45) is 0. The van der Waals surface area contributed by atoms with Crippen LogP contribution in [0.15, 0.2) is 36.4 Å². The normalized spacial score (nSPS) is 16.5. The number of rotatable bonds is 3. The second kappa shape index (κ2) is 5.56. The van der Waals surface area contributed by atoms with Crippen molar-refractivity contribution in [3.05, 3.63) is 52.0 Å². The predicted molar refractivity (Wildman–Crippen MR) is 83.4 cm³/mol. The number of benzene rings is 2. The van der Waals surface area contributed by atoms with Crippen molar-refractivity contribution in [2.45, 2.75) is 6.04 Å². The van der Waals surface area contributed by atoms with Gasteiger partial charge in [0.15, 0.2) is 0 Å². The summed E-state index contributed by atoms with van der Waals surface area (Å²) in [4.78, 5) is 11.8. The van der Waals surface area contributed by atoms with Crippen molar-refractivity contribution in [3.8, 4) is 11.5 Å². The molecule has 0 aliphatic carbocycles. The Morgan fingerprint density at radius 2 is 1.81 bits per heavy atom. The molecule has 1 heterocycles. The summed E-state index contributed by atoms with van der Waals surface area (Å²) in [5.74, 6) is 1.13. The van der Waals surface area contributed by atoms with Gasteiger partial charge in [-0.3, -0.25) is 4.79 Å². The highest BCUT2D eigenvalue weighted by Gasteiger charge is 2.29. The van der Waals surface area contributed by atoms with Crippen LogP contribution in [0.1, 0.15) is 11.6 Å². The zero-order valence-corrected chi connectivity index (χ0v) is 12.6. The Morgan fingerprint density at radius 3 is 2.52 bits per heavy atom. The molecule has 108 valence electrons. The number of halogens is 2. The Kier molecular flexibility index (Phi) is 3.76. The molecule has 0 bridgehead atoms. The van der Waals surface area contributed by atoms with Gasteiger partial charge in [0, 0.05) is 23.4 Å². The van der Waals surface area contributed by atoms with Gasteiger partial charge >= 0.3 is 0 Å². The molecule has 1 amide bonds. The van der Waals surface area contributed by atoms with Crippen LogP contribution in [0.5, 0.6) is 11.5 Å². The number of ether oxygens (including phenoxy) is 1. The van der Waals surface area contributed by atoms with E-state index in [4.69, 9.17) is 27.9 Å². The first-order valence-corrected chi connectivity index (χ1v) is 7.09. The van der Waals surface area contributed by atoms with Gasteiger partial charge in [0.2, 0.25) is 5.91 Å². The first-order chi connectivity index (χ1) is 10.1. The molecule has 0 fully saturated rings. The van der Waals surface area contributed by atoms with Gasteiger partial charge in [0.25, 0.3) is 0 Å². The third-order valence-corrected chi connectivity index (χ3v) is 4.01. The topological polar surface area (TPSA) is 50.4 Å². The lowest BCUT2D eigenvalue weighted by atomic mass is 10.1.